The van der Waals surface area contributed by atoms with Crippen LogP contribution in [0.2, 0.25) is 0 Å². The summed E-state index contributed by atoms with van der Waals surface area (Å²) in [6.45, 7) is 0.931. The van der Waals surface area contributed by atoms with E-state index in [4.69, 9.17) is 5.11 Å². The van der Waals surface area contributed by atoms with Gasteiger partial charge in [0.05, 0.1) is 22.7 Å². The van der Waals surface area contributed by atoms with Crippen LogP contribution in [0.25, 0.3) is 0 Å². The van der Waals surface area contributed by atoms with Crippen molar-refractivity contribution in [2.75, 3.05) is 18.0 Å². The summed E-state index contributed by atoms with van der Waals surface area (Å²) in [7, 11) is 0. The highest BCUT2D eigenvalue weighted by Gasteiger charge is 2.46. The van der Waals surface area contributed by atoms with Crippen molar-refractivity contribution in [2.45, 2.75) is 31.7 Å². The van der Waals surface area contributed by atoms with Gasteiger partial charge in [-0.2, -0.15) is 0 Å². The molecule has 0 aromatic heterocycles. The molecule has 1 unspecified atom stereocenters. The third kappa shape index (κ3) is 2.83. The van der Waals surface area contributed by atoms with Gasteiger partial charge in [0.25, 0.3) is 11.8 Å². The summed E-state index contributed by atoms with van der Waals surface area (Å²) < 4.78 is 0. The fraction of sp³-hybridized carbons (Fsp3) is 0.421. The zero-order valence-electron chi connectivity index (χ0n) is 15.0. The van der Waals surface area contributed by atoms with Crippen LogP contribution in [-0.4, -0.2) is 58.7 Å². The first-order valence-electron chi connectivity index (χ1n) is 9.21. The van der Waals surface area contributed by atoms with Crippen LogP contribution in [-0.2, 0) is 14.4 Å². The molecule has 2 saturated heterocycles. The lowest BCUT2D eigenvalue weighted by molar-refractivity contribution is -0.142. The second-order valence-electron chi connectivity index (χ2n) is 7.25. The van der Waals surface area contributed by atoms with Crippen molar-refractivity contribution in [2.24, 2.45) is 5.92 Å². The zero-order valence-corrected chi connectivity index (χ0v) is 15.0. The first-order chi connectivity index (χ1) is 13.4. The van der Waals surface area contributed by atoms with E-state index in [-0.39, 0.29) is 24.0 Å². The van der Waals surface area contributed by atoms with Crippen molar-refractivity contribution < 1.29 is 29.1 Å². The molecule has 3 aliphatic rings. The highest BCUT2D eigenvalue weighted by atomic mass is 16.4. The first kappa shape index (κ1) is 18.1. The van der Waals surface area contributed by atoms with Crippen molar-refractivity contribution in [1.82, 2.24) is 10.2 Å². The quantitative estimate of drug-likeness (QED) is 0.721. The Labute approximate surface area is 160 Å². The first-order valence-corrected chi connectivity index (χ1v) is 9.21. The van der Waals surface area contributed by atoms with E-state index in [1.165, 1.54) is 0 Å². The summed E-state index contributed by atoms with van der Waals surface area (Å²) in [5.74, 6) is -3.39. The van der Waals surface area contributed by atoms with Gasteiger partial charge in [-0.1, -0.05) is 6.07 Å². The summed E-state index contributed by atoms with van der Waals surface area (Å²) in [6.07, 6.45) is 1.09. The van der Waals surface area contributed by atoms with Crippen LogP contribution < -0.4 is 10.2 Å². The number of carboxylic acids is 1. The standard InChI is InChI=1S/C19H19N3O6/c23-14-5-4-13(16(24)20-14)22-17(25)11-2-1-3-12(15(11)18(22)26)21-8-6-10(7-9-21)19(27)28/h1-3,10,13H,4-9H2,(H,27,28)(H,20,23,24). The summed E-state index contributed by atoms with van der Waals surface area (Å²) in [5, 5.41) is 11.3. The minimum atomic E-state index is -1.00. The van der Waals surface area contributed by atoms with Crippen LogP contribution in [0.15, 0.2) is 18.2 Å². The molecule has 4 amide bonds. The van der Waals surface area contributed by atoms with Crippen LogP contribution in [0.5, 0.6) is 0 Å². The number of carboxylic acid groups (broad SMARTS) is 1. The number of benzene rings is 1. The van der Waals surface area contributed by atoms with Gasteiger partial charge in [-0.25, -0.2) is 0 Å². The molecule has 1 aromatic rings. The van der Waals surface area contributed by atoms with Crippen molar-refractivity contribution in [3.05, 3.63) is 29.3 Å². The van der Waals surface area contributed by atoms with Gasteiger partial charge in [-0.15, -0.1) is 0 Å². The summed E-state index contributed by atoms with van der Waals surface area (Å²) >= 11 is 0. The van der Waals surface area contributed by atoms with Crippen molar-refractivity contribution in [1.29, 1.82) is 0 Å². The predicted octanol–water partition coefficient (Wildman–Crippen LogP) is 0.389. The number of piperidine rings is 2. The van der Waals surface area contributed by atoms with E-state index in [1.54, 1.807) is 18.2 Å². The predicted molar refractivity (Wildman–Crippen MR) is 95.7 cm³/mol. The number of hydrogen-bond acceptors (Lipinski definition) is 6. The lowest BCUT2D eigenvalue weighted by Gasteiger charge is -2.33. The average Bonchev–Trinajstić information content (AvgIpc) is 2.93. The Morgan fingerprint density at radius 3 is 2.39 bits per heavy atom. The molecule has 0 spiro atoms. The molecule has 2 N–H and O–H groups in total. The smallest absolute Gasteiger partial charge is 0.306 e. The maximum atomic E-state index is 13.1. The molecule has 0 radical (unpaired) electrons. The Bertz CT molecular complexity index is 903. The van der Waals surface area contributed by atoms with Gasteiger partial charge in [0.1, 0.15) is 6.04 Å². The SMILES string of the molecule is O=C1CCC(N2C(=O)c3cccc(N4CCC(C(=O)O)CC4)c3C2=O)C(=O)N1. The lowest BCUT2D eigenvalue weighted by Crippen LogP contribution is -2.54. The third-order valence-corrected chi connectivity index (χ3v) is 5.63. The Morgan fingerprint density at radius 2 is 1.75 bits per heavy atom. The van der Waals surface area contributed by atoms with Gasteiger partial charge in [0.2, 0.25) is 11.8 Å². The number of anilines is 1. The monoisotopic (exact) mass is 385 g/mol. The molecular weight excluding hydrogens is 366 g/mol. The Balaban J connectivity index is 1.63. The van der Waals surface area contributed by atoms with Gasteiger partial charge >= 0.3 is 5.97 Å². The number of imide groups is 2. The minimum Gasteiger partial charge on any atom is -0.481 e. The van der Waals surface area contributed by atoms with Crippen LogP contribution in [0.1, 0.15) is 46.4 Å². The second-order valence-corrected chi connectivity index (χ2v) is 7.25. The molecule has 9 heteroatoms. The lowest BCUT2D eigenvalue weighted by atomic mass is 9.95. The molecule has 28 heavy (non-hydrogen) atoms. The molecule has 9 nitrogen and oxygen atoms in total. The zero-order chi connectivity index (χ0) is 20.0. The van der Waals surface area contributed by atoms with Crippen molar-refractivity contribution in [3.63, 3.8) is 0 Å². The van der Waals surface area contributed by atoms with Crippen LogP contribution in [0, 0.1) is 5.92 Å². The number of nitrogens with one attached hydrogen (secondary N) is 1. The molecule has 0 bridgehead atoms. The molecule has 1 atom stereocenters. The number of carbonyl (C=O) groups excluding carboxylic acids is 4. The molecule has 3 aliphatic heterocycles. The van der Waals surface area contributed by atoms with E-state index >= 15 is 0 Å². The number of amides is 4. The molecule has 4 rings (SSSR count). The molecule has 0 saturated carbocycles. The maximum absolute atomic E-state index is 13.1. The van der Waals surface area contributed by atoms with E-state index in [1.807, 2.05) is 4.90 Å². The van der Waals surface area contributed by atoms with Gasteiger partial charge in [0, 0.05) is 19.5 Å². The van der Waals surface area contributed by atoms with E-state index in [0.717, 1.165) is 4.90 Å². The number of fused-ring (bicyclic) bond motifs is 1. The van der Waals surface area contributed by atoms with Crippen LogP contribution in [0.3, 0.4) is 0 Å². The highest BCUT2D eigenvalue weighted by Crippen LogP contribution is 2.35. The number of nitrogens with zero attached hydrogens (tertiary/aromatic N) is 2. The second kappa shape index (κ2) is 6.74. The largest absolute Gasteiger partial charge is 0.481 e. The van der Waals surface area contributed by atoms with E-state index in [9.17, 15) is 24.0 Å². The van der Waals surface area contributed by atoms with Gasteiger partial charge in [-0.05, 0) is 31.4 Å². The van der Waals surface area contributed by atoms with E-state index in [0.29, 0.717) is 31.6 Å². The summed E-state index contributed by atoms with van der Waals surface area (Å²) in [5.41, 5.74) is 1.05. The van der Waals surface area contributed by atoms with Gasteiger partial charge in [-0.3, -0.25) is 34.2 Å². The fourth-order valence-corrected chi connectivity index (χ4v) is 4.13. The highest BCUT2D eigenvalue weighted by molar-refractivity contribution is 6.25. The summed E-state index contributed by atoms with van der Waals surface area (Å²) in [4.78, 5) is 63.5. The average molecular weight is 385 g/mol. The molecule has 2 fully saturated rings. The molecule has 0 aliphatic carbocycles. The number of rotatable bonds is 3. The van der Waals surface area contributed by atoms with E-state index < -0.39 is 41.6 Å². The van der Waals surface area contributed by atoms with Crippen molar-refractivity contribution >= 4 is 35.3 Å². The molecule has 1 aromatic carbocycles. The maximum Gasteiger partial charge on any atom is 0.306 e. The normalized spacial score (nSPS) is 23.1. The Hall–Kier alpha value is -3.23. The topological polar surface area (TPSA) is 124 Å². The Kier molecular flexibility index (Phi) is 4.37. The van der Waals surface area contributed by atoms with Crippen LogP contribution >= 0.6 is 0 Å². The van der Waals surface area contributed by atoms with E-state index in [2.05, 4.69) is 5.32 Å². The van der Waals surface area contributed by atoms with Gasteiger partial charge in [0.15, 0.2) is 0 Å². The molecule has 146 valence electrons. The van der Waals surface area contributed by atoms with Gasteiger partial charge < -0.3 is 10.0 Å². The molecular formula is C19H19N3O6. The fourth-order valence-electron chi connectivity index (χ4n) is 4.13. The number of aliphatic carboxylic acids is 1. The Morgan fingerprint density at radius 1 is 1.04 bits per heavy atom. The third-order valence-electron chi connectivity index (χ3n) is 5.63. The number of hydrogen-bond donors (Lipinski definition) is 2. The summed E-state index contributed by atoms with van der Waals surface area (Å²) in [6, 6.07) is 3.96. The van der Waals surface area contributed by atoms with Crippen molar-refractivity contribution in [3.8, 4) is 0 Å². The molecule has 3 heterocycles. The van der Waals surface area contributed by atoms with Crippen LogP contribution in [0.4, 0.5) is 5.69 Å². The minimum absolute atomic E-state index is 0.0688. The number of carbonyl (C=O) groups is 5.